The molecule has 0 unspecified atom stereocenters. The number of carboxylic acid groups (broad SMARTS) is 3. The van der Waals surface area contributed by atoms with Gasteiger partial charge < -0.3 is 21.1 Å². The molecule has 0 aliphatic carbocycles. The van der Waals surface area contributed by atoms with Crippen LogP contribution in [-0.2, 0) is 29.0 Å². The summed E-state index contributed by atoms with van der Waals surface area (Å²) in [5, 5.41) is 37.6. The van der Waals surface area contributed by atoms with Crippen LogP contribution in [0.25, 0.3) is 0 Å². The van der Waals surface area contributed by atoms with Gasteiger partial charge in [-0.05, 0) is 0 Å². The summed E-state index contributed by atoms with van der Waals surface area (Å²) in [7, 11) is -3.81. The molecule has 7 N–H and O–H groups in total. The number of nitrogens with two attached hydrogens (primary N) is 1. The number of anilines is 1. The van der Waals surface area contributed by atoms with E-state index in [2.05, 4.69) is 20.8 Å². The van der Waals surface area contributed by atoms with E-state index in [9.17, 15) is 27.6 Å². The Morgan fingerprint density at radius 3 is 2.24 bits per heavy atom. The third-order valence-electron chi connectivity index (χ3n) is 3.13. The number of hydrogen-bond donors (Lipinski definition) is 6. The van der Waals surface area contributed by atoms with Gasteiger partial charge in [-0.3, -0.25) is 25.1 Å². The van der Waals surface area contributed by atoms with Gasteiger partial charge in [0.15, 0.2) is 0 Å². The van der Waals surface area contributed by atoms with Crippen molar-refractivity contribution in [1.82, 2.24) is 20.4 Å². The monoisotopic (exact) mass is 454 g/mol. The van der Waals surface area contributed by atoms with Gasteiger partial charge in [0, 0.05) is 13.1 Å². The number of amides is 1. The number of nitrogens with zero attached hydrogens (tertiary/aromatic N) is 3. The highest BCUT2D eigenvalue weighted by molar-refractivity contribution is 7.93. The first-order chi connectivity index (χ1) is 13.5. The van der Waals surface area contributed by atoms with Crippen LogP contribution in [0.3, 0.4) is 0 Å². The molecule has 0 spiro atoms. The Balaban J connectivity index is 2.68. The third-order valence-corrected chi connectivity index (χ3v) is 5.83. The molecule has 162 valence electrons. The minimum absolute atomic E-state index is 0.146. The van der Waals surface area contributed by atoms with Crippen molar-refractivity contribution in [3.8, 4) is 0 Å². The molecule has 0 atom stereocenters. The van der Waals surface area contributed by atoms with Gasteiger partial charge in [-0.25, -0.2) is 18.0 Å². The number of aromatic nitrogens is 2. The molecular formula is C12H18N6O9S2. The van der Waals surface area contributed by atoms with Gasteiger partial charge in [0.25, 0.3) is 0 Å². The summed E-state index contributed by atoms with van der Waals surface area (Å²) in [4.78, 5) is 45.7. The first kappa shape index (κ1) is 24.3. The maximum Gasteiger partial charge on any atom is 0.332 e. The zero-order chi connectivity index (χ0) is 22.2. The van der Waals surface area contributed by atoms with Gasteiger partial charge in [0.1, 0.15) is 5.88 Å². The minimum Gasteiger partial charge on any atom is -0.480 e. The molecule has 0 aliphatic rings. The fourth-order valence-corrected chi connectivity index (χ4v) is 3.62. The van der Waals surface area contributed by atoms with E-state index >= 15 is 0 Å². The first-order valence-electron chi connectivity index (χ1n) is 7.65. The molecule has 1 aromatic heterocycles. The minimum atomic E-state index is -3.81. The Hall–Kier alpha value is -2.73. The number of nitrogens with one attached hydrogen (secondary N) is 2. The highest BCUT2D eigenvalue weighted by Gasteiger charge is 2.25. The molecule has 0 aliphatic heterocycles. The molecule has 29 heavy (non-hydrogen) atoms. The zero-order valence-electron chi connectivity index (χ0n) is 14.6. The zero-order valence-corrected chi connectivity index (χ0v) is 16.3. The molecule has 0 bridgehead atoms. The molecule has 0 fully saturated rings. The average molecular weight is 454 g/mol. The van der Waals surface area contributed by atoms with E-state index in [-0.39, 0.29) is 18.2 Å². The van der Waals surface area contributed by atoms with Crippen molar-refractivity contribution in [3.05, 3.63) is 0 Å². The Bertz CT molecular complexity index is 857. The van der Waals surface area contributed by atoms with Crippen LogP contribution in [0.2, 0.25) is 0 Å². The smallest absolute Gasteiger partial charge is 0.332 e. The Kier molecular flexibility index (Phi) is 8.98. The highest BCUT2D eigenvalue weighted by Crippen LogP contribution is 2.20. The van der Waals surface area contributed by atoms with Crippen LogP contribution in [-0.4, -0.2) is 101 Å². The van der Waals surface area contributed by atoms with Crippen molar-refractivity contribution >= 4 is 50.1 Å². The van der Waals surface area contributed by atoms with Crippen LogP contribution < -0.4 is 16.4 Å². The highest BCUT2D eigenvalue weighted by atomic mass is 32.2. The summed E-state index contributed by atoms with van der Waals surface area (Å²) in [6, 6.07) is -1.89. The van der Waals surface area contributed by atoms with Crippen LogP contribution >= 0.6 is 11.3 Å². The molecule has 1 rings (SSSR count). The van der Waals surface area contributed by atoms with Crippen LogP contribution in [0, 0.1) is 0 Å². The number of rotatable bonds is 13. The van der Waals surface area contributed by atoms with Gasteiger partial charge in [0.05, 0.1) is 13.1 Å². The number of aliphatic carboxylic acids is 3. The van der Waals surface area contributed by atoms with Crippen molar-refractivity contribution in [1.29, 1.82) is 0 Å². The fraction of sp³-hybridized carbons (Fsp3) is 0.500. The van der Waals surface area contributed by atoms with Gasteiger partial charge in [-0.1, -0.05) is 11.3 Å². The summed E-state index contributed by atoms with van der Waals surface area (Å²) < 4.78 is 22.8. The predicted molar refractivity (Wildman–Crippen MR) is 95.9 cm³/mol. The maximum atomic E-state index is 12.1. The Morgan fingerprint density at radius 2 is 1.72 bits per heavy atom. The van der Waals surface area contributed by atoms with Crippen molar-refractivity contribution in [2.45, 2.75) is 10.4 Å². The molecule has 1 aromatic rings. The van der Waals surface area contributed by atoms with E-state index in [1.54, 1.807) is 0 Å². The van der Waals surface area contributed by atoms with Crippen molar-refractivity contribution in [2.24, 2.45) is 5.73 Å². The standard InChI is InChI=1S/C12H18N6O9S2/c13-5-29(26,27)12-17-16-11(28-12)15-6(19)3-18(4-7(20)21)2-1-14-8(9(22)23)10(24)25/h8,14H,1-5,13H2,(H,20,21)(H,22,23)(H,24,25)(H,15,16,19). The molecule has 0 saturated heterocycles. The first-order valence-corrected chi connectivity index (χ1v) is 10.1. The van der Waals surface area contributed by atoms with Crippen LogP contribution in [0.15, 0.2) is 4.34 Å². The fourth-order valence-electron chi connectivity index (χ4n) is 1.87. The van der Waals surface area contributed by atoms with Gasteiger partial charge in [-0.15, -0.1) is 10.2 Å². The third kappa shape index (κ3) is 8.03. The second-order valence-corrected chi connectivity index (χ2v) is 8.56. The summed E-state index contributed by atoms with van der Waals surface area (Å²) in [6.45, 7) is -1.47. The van der Waals surface area contributed by atoms with Crippen molar-refractivity contribution in [2.75, 3.05) is 37.4 Å². The van der Waals surface area contributed by atoms with Crippen LogP contribution in [0.4, 0.5) is 5.13 Å². The molecule has 1 amide bonds. The lowest BCUT2D eigenvalue weighted by Crippen LogP contribution is -2.47. The molecular weight excluding hydrogens is 436 g/mol. The lowest BCUT2D eigenvalue weighted by Gasteiger charge is -2.20. The number of carboxylic acids is 3. The topological polar surface area (TPSA) is 242 Å². The molecule has 17 heteroatoms. The number of sulfone groups is 1. The van der Waals surface area contributed by atoms with E-state index in [0.29, 0.717) is 11.3 Å². The second kappa shape index (κ2) is 10.7. The number of carbonyl (C=O) groups is 4. The average Bonchev–Trinajstić information content (AvgIpc) is 3.06. The number of carbonyl (C=O) groups excluding carboxylic acids is 1. The SMILES string of the molecule is NCS(=O)(=O)c1nnc(NC(=O)CN(CCNC(C(=O)O)C(=O)O)CC(=O)O)s1. The predicted octanol–water partition coefficient (Wildman–Crippen LogP) is -3.32. The maximum absolute atomic E-state index is 12.1. The molecule has 0 aromatic carbocycles. The van der Waals surface area contributed by atoms with Crippen LogP contribution in [0.1, 0.15) is 0 Å². The number of hydrogen-bond acceptors (Lipinski definition) is 12. The quantitative estimate of drug-likeness (QED) is 0.126. The second-order valence-electron chi connectivity index (χ2n) is 5.37. The van der Waals surface area contributed by atoms with Gasteiger partial charge in [-0.2, -0.15) is 0 Å². The van der Waals surface area contributed by atoms with E-state index in [4.69, 9.17) is 21.1 Å². The van der Waals surface area contributed by atoms with E-state index in [1.165, 1.54) is 0 Å². The van der Waals surface area contributed by atoms with Crippen LogP contribution in [0.5, 0.6) is 0 Å². The molecule has 15 nitrogen and oxygen atoms in total. The summed E-state index contributed by atoms with van der Waals surface area (Å²) in [5.41, 5.74) is 5.09. The lowest BCUT2D eigenvalue weighted by molar-refractivity contribution is -0.151. The summed E-state index contributed by atoms with van der Waals surface area (Å²) in [5.74, 6) is -5.97. The Morgan fingerprint density at radius 1 is 1.10 bits per heavy atom. The van der Waals surface area contributed by atoms with Gasteiger partial charge >= 0.3 is 17.9 Å². The summed E-state index contributed by atoms with van der Waals surface area (Å²) >= 11 is 0.562. The van der Waals surface area contributed by atoms with Gasteiger partial charge in [0.2, 0.25) is 31.3 Å². The van der Waals surface area contributed by atoms with E-state index < -0.39 is 63.0 Å². The van der Waals surface area contributed by atoms with Crippen molar-refractivity contribution < 1.29 is 42.9 Å². The molecule has 1 heterocycles. The summed E-state index contributed by atoms with van der Waals surface area (Å²) in [6.07, 6.45) is 0. The lowest BCUT2D eigenvalue weighted by atomic mass is 10.3. The Labute approximate surface area is 167 Å². The van der Waals surface area contributed by atoms with E-state index in [0.717, 1.165) is 4.90 Å². The molecule has 0 saturated carbocycles. The normalized spacial score (nSPS) is 11.6. The molecule has 0 radical (unpaired) electrons. The largest absolute Gasteiger partial charge is 0.480 e. The van der Waals surface area contributed by atoms with E-state index in [1.807, 2.05) is 0 Å². The van der Waals surface area contributed by atoms with Crippen molar-refractivity contribution in [3.63, 3.8) is 0 Å².